The molecule has 86 valence electrons. The van der Waals surface area contributed by atoms with Crippen molar-refractivity contribution in [3.05, 3.63) is 30.5 Å². The predicted molar refractivity (Wildman–Crippen MR) is 64.8 cm³/mol. The van der Waals surface area contributed by atoms with E-state index in [4.69, 9.17) is 9.84 Å². The van der Waals surface area contributed by atoms with Crippen molar-refractivity contribution < 1.29 is 9.84 Å². The lowest BCUT2D eigenvalue weighted by atomic mass is 10.2. The van der Waals surface area contributed by atoms with Crippen LogP contribution >= 0.6 is 0 Å². The lowest BCUT2D eigenvalue weighted by Crippen LogP contribution is -2.00. The largest absolute Gasteiger partial charge is 0.493 e. The highest BCUT2D eigenvalue weighted by atomic mass is 16.5. The van der Waals surface area contributed by atoms with Crippen LogP contribution in [0.1, 0.15) is 13.3 Å². The van der Waals surface area contributed by atoms with Crippen LogP contribution in [0.2, 0.25) is 0 Å². The van der Waals surface area contributed by atoms with E-state index in [0.717, 1.165) is 29.7 Å². The zero-order valence-corrected chi connectivity index (χ0v) is 9.52. The fourth-order valence-corrected chi connectivity index (χ4v) is 1.84. The number of aliphatic hydroxyl groups excluding tert-OH is 1. The highest BCUT2D eigenvalue weighted by molar-refractivity contribution is 5.86. The van der Waals surface area contributed by atoms with Crippen LogP contribution < -0.4 is 4.74 Å². The average Bonchev–Trinajstić information content (AvgIpc) is 2.71. The molecule has 0 aliphatic carbocycles. The summed E-state index contributed by atoms with van der Waals surface area (Å²) in [7, 11) is 0. The maximum absolute atomic E-state index is 8.96. The van der Waals surface area contributed by atoms with Gasteiger partial charge in [-0.1, -0.05) is 13.0 Å². The molecule has 0 bridgehead atoms. The molecule has 0 radical (unpaired) electrons. The molecule has 3 nitrogen and oxygen atoms in total. The van der Waals surface area contributed by atoms with Crippen molar-refractivity contribution in [2.75, 3.05) is 13.2 Å². The highest BCUT2D eigenvalue weighted by Crippen LogP contribution is 2.26. The van der Waals surface area contributed by atoms with Crippen LogP contribution in [-0.4, -0.2) is 22.9 Å². The maximum atomic E-state index is 8.96. The van der Waals surface area contributed by atoms with E-state index >= 15 is 0 Å². The SMILES string of the molecule is CCCOc1cccc2c1ccn2CCO. The molecule has 0 atom stereocenters. The van der Waals surface area contributed by atoms with Crippen molar-refractivity contribution in [3.8, 4) is 5.75 Å². The monoisotopic (exact) mass is 219 g/mol. The summed E-state index contributed by atoms with van der Waals surface area (Å²) >= 11 is 0. The molecule has 1 aromatic carbocycles. The number of aromatic nitrogens is 1. The average molecular weight is 219 g/mol. The number of hydrogen-bond acceptors (Lipinski definition) is 2. The molecule has 3 heteroatoms. The van der Waals surface area contributed by atoms with E-state index in [0.29, 0.717) is 6.54 Å². The lowest BCUT2D eigenvalue weighted by Gasteiger charge is -2.07. The number of nitrogens with zero attached hydrogens (tertiary/aromatic N) is 1. The normalized spacial score (nSPS) is 10.9. The molecule has 0 unspecified atom stereocenters. The molecule has 0 amide bonds. The molecule has 0 aliphatic heterocycles. The van der Waals surface area contributed by atoms with Crippen LogP contribution in [0.25, 0.3) is 10.9 Å². The molecule has 1 heterocycles. The second-order valence-corrected chi connectivity index (χ2v) is 3.77. The van der Waals surface area contributed by atoms with Crippen molar-refractivity contribution in [2.45, 2.75) is 19.9 Å². The Labute approximate surface area is 95.3 Å². The Kier molecular flexibility index (Phi) is 3.47. The van der Waals surface area contributed by atoms with Gasteiger partial charge in [-0.2, -0.15) is 0 Å². The summed E-state index contributed by atoms with van der Waals surface area (Å²) in [5.74, 6) is 0.927. The third-order valence-corrected chi connectivity index (χ3v) is 2.58. The zero-order valence-electron chi connectivity index (χ0n) is 9.52. The molecule has 0 saturated carbocycles. The number of rotatable bonds is 5. The van der Waals surface area contributed by atoms with E-state index in [1.54, 1.807) is 0 Å². The van der Waals surface area contributed by atoms with Gasteiger partial charge >= 0.3 is 0 Å². The Hall–Kier alpha value is -1.48. The van der Waals surface area contributed by atoms with Gasteiger partial charge in [0, 0.05) is 18.1 Å². The second kappa shape index (κ2) is 5.03. The first kappa shape index (κ1) is 11.0. The Balaban J connectivity index is 2.36. The molecule has 16 heavy (non-hydrogen) atoms. The molecule has 2 rings (SSSR count). The van der Waals surface area contributed by atoms with Gasteiger partial charge in [-0.15, -0.1) is 0 Å². The first-order valence-corrected chi connectivity index (χ1v) is 5.68. The van der Waals surface area contributed by atoms with Crippen molar-refractivity contribution in [3.63, 3.8) is 0 Å². The summed E-state index contributed by atoms with van der Waals surface area (Å²) in [6.45, 7) is 3.62. The molecule has 2 aromatic rings. The number of fused-ring (bicyclic) bond motifs is 1. The van der Waals surface area contributed by atoms with Crippen LogP contribution in [0.4, 0.5) is 0 Å². The standard InChI is InChI=1S/C13H17NO2/c1-2-10-16-13-5-3-4-12-11(13)6-7-14(12)8-9-15/h3-7,15H,2,8-10H2,1H3. The first-order chi connectivity index (χ1) is 7.86. The second-order valence-electron chi connectivity index (χ2n) is 3.77. The van der Waals surface area contributed by atoms with Gasteiger partial charge in [0.05, 0.1) is 18.7 Å². The topological polar surface area (TPSA) is 34.4 Å². The summed E-state index contributed by atoms with van der Waals surface area (Å²) in [5, 5.41) is 10.1. The predicted octanol–water partition coefficient (Wildman–Crippen LogP) is 2.42. The van der Waals surface area contributed by atoms with Crippen molar-refractivity contribution >= 4 is 10.9 Å². The van der Waals surface area contributed by atoms with Gasteiger partial charge in [-0.25, -0.2) is 0 Å². The number of hydrogen-bond donors (Lipinski definition) is 1. The minimum Gasteiger partial charge on any atom is -0.493 e. The molecule has 0 fully saturated rings. The third kappa shape index (κ3) is 2.04. The van der Waals surface area contributed by atoms with Gasteiger partial charge in [0.2, 0.25) is 0 Å². The Morgan fingerprint density at radius 2 is 2.19 bits per heavy atom. The summed E-state index contributed by atoms with van der Waals surface area (Å²) in [6, 6.07) is 8.06. The maximum Gasteiger partial charge on any atom is 0.128 e. The first-order valence-electron chi connectivity index (χ1n) is 5.68. The van der Waals surface area contributed by atoms with Crippen molar-refractivity contribution in [1.82, 2.24) is 4.57 Å². The quantitative estimate of drug-likeness (QED) is 0.838. The van der Waals surface area contributed by atoms with Crippen LogP contribution in [-0.2, 0) is 6.54 Å². The fourth-order valence-electron chi connectivity index (χ4n) is 1.84. The van der Waals surface area contributed by atoms with Gasteiger partial charge in [-0.3, -0.25) is 0 Å². The van der Waals surface area contributed by atoms with Crippen molar-refractivity contribution in [1.29, 1.82) is 0 Å². The Bertz CT molecular complexity index is 462. The summed E-state index contributed by atoms with van der Waals surface area (Å²) < 4.78 is 7.72. The molecule has 0 saturated heterocycles. The third-order valence-electron chi connectivity index (χ3n) is 2.58. The van der Waals surface area contributed by atoms with E-state index < -0.39 is 0 Å². The zero-order chi connectivity index (χ0) is 11.4. The lowest BCUT2D eigenvalue weighted by molar-refractivity contribution is 0.278. The number of aliphatic hydroxyl groups is 1. The van der Waals surface area contributed by atoms with E-state index in [1.165, 1.54) is 0 Å². The van der Waals surface area contributed by atoms with Gasteiger partial charge in [0.15, 0.2) is 0 Å². The molecular formula is C13H17NO2. The summed E-state index contributed by atoms with van der Waals surface area (Å²) in [5.41, 5.74) is 1.11. The van der Waals surface area contributed by atoms with Crippen LogP contribution in [0, 0.1) is 0 Å². The van der Waals surface area contributed by atoms with Gasteiger partial charge in [0.25, 0.3) is 0 Å². The fraction of sp³-hybridized carbons (Fsp3) is 0.385. The van der Waals surface area contributed by atoms with Gasteiger partial charge in [0.1, 0.15) is 5.75 Å². The summed E-state index contributed by atoms with van der Waals surface area (Å²) in [4.78, 5) is 0. The van der Waals surface area contributed by atoms with Crippen molar-refractivity contribution in [2.24, 2.45) is 0 Å². The molecule has 1 aromatic heterocycles. The molecule has 0 spiro atoms. The van der Waals surface area contributed by atoms with Crippen LogP contribution in [0.5, 0.6) is 5.75 Å². The number of ether oxygens (including phenoxy) is 1. The Morgan fingerprint density at radius 3 is 2.94 bits per heavy atom. The van der Waals surface area contributed by atoms with E-state index in [-0.39, 0.29) is 6.61 Å². The molecular weight excluding hydrogens is 202 g/mol. The van der Waals surface area contributed by atoms with Crippen LogP contribution in [0.15, 0.2) is 30.5 Å². The smallest absolute Gasteiger partial charge is 0.128 e. The highest BCUT2D eigenvalue weighted by Gasteiger charge is 2.05. The van der Waals surface area contributed by atoms with Gasteiger partial charge in [-0.05, 0) is 24.6 Å². The van der Waals surface area contributed by atoms with E-state index in [2.05, 4.69) is 6.92 Å². The number of benzene rings is 1. The Morgan fingerprint density at radius 1 is 1.31 bits per heavy atom. The van der Waals surface area contributed by atoms with Crippen LogP contribution in [0.3, 0.4) is 0 Å². The minimum atomic E-state index is 0.157. The summed E-state index contributed by atoms with van der Waals surface area (Å²) in [6.07, 6.45) is 2.99. The minimum absolute atomic E-state index is 0.157. The van der Waals surface area contributed by atoms with E-state index in [9.17, 15) is 0 Å². The molecule has 1 N–H and O–H groups in total. The van der Waals surface area contributed by atoms with E-state index in [1.807, 2.05) is 35.0 Å². The molecule has 0 aliphatic rings. The van der Waals surface area contributed by atoms with Gasteiger partial charge < -0.3 is 14.4 Å².